The van der Waals surface area contributed by atoms with E-state index in [2.05, 4.69) is 0 Å². The summed E-state index contributed by atoms with van der Waals surface area (Å²) in [6.07, 6.45) is 1.94. The summed E-state index contributed by atoms with van der Waals surface area (Å²) < 4.78 is 0. The molecule has 0 aliphatic heterocycles. The second-order valence-corrected chi connectivity index (χ2v) is 2.59. The third-order valence-electron chi connectivity index (χ3n) is 0.950. The molecule has 0 spiro atoms. The second kappa shape index (κ2) is 5.94. The summed E-state index contributed by atoms with van der Waals surface area (Å²) in [5, 5.41) is 16.6. The lowest BCUT2D eigenvalue weighted by Gasteiger charge is -1.99. The summed E-state index contributed by atoms with van der Waals surface area (Å²) in [7, 11) is 0. The van der Waals surface area contributed by atoms with E-state index in [1.165, 1.54) is 11.8 Å². The van der Waals surface area contributed by atoms with Gasteiger partial charge < -0.3 is 16.2 Å². The van der Waals surface area contributed by atoms with E-state index in [0.717, 1.165) is 5.55 Å². The molecule has 0 heterocycles. The smallest absolute Gasteiger partial charge is 0.320 e. The highest BCUT2D eigenvalue weighted by molar-refractivity contribution is 8.14. The Bertz CT molecular complexity index is 170. The Hall–Kier alpha value is -0.810. The van der Waals surface area contributed by atoms with Gasteiger partial charge in [-0.1, -0.05) is 17.8 Å². The molecule has 1 unspecified atom stereocenters. The Morgan fingerprint density at radius 2 is 2.45 bits per heavy atom. The van der Waals surface area contributed by atoms with Crippen molar-refractivity contribution in [2.24, 2.45) is 5.73 Å². The molecule has 0 amide bonds. The molecule has 1 atom stereocenters. The van der Waals surface area contributed by atoms with E-state index in [-0.39, 0.29) is 0 Å². The van der Waals surface area contributed by atoms with E-state index >= 15 is 0 Å². The summed E-state index contributed by atoms with van der Waals surface area (Å²) >= 11 is 1.17. The number of rotatable bonds is 5. The first-order valence-electron chi connectivity index (χ1n) is 2.96. The lowest BCUT2D eigenvalue weighted by molar-refractivity contribution is -0.138. The largest absolute Gasteiger partial charge is 0.480 e. The van der Waals surface area contributed by atoms with Crippen molar-refractivity contribution in [3.8, 4) is 0 Å². The molecule has 62 valence electrons. The average molecular weight is 174 g/mol. The van der Waals surface area contributed by atoms with Gasteiger partial charge in [-0.05, 0) is 11.8 Å². The molecule has 0 aromatic heterocycles. The van der Waals surface area contributed by atoms with E-state index in [9.17, 15) is 4.79 Å². The Balaban J connectivity index is 3.52. The zero-order valence-corrected chi connectivity index (χ0v) is 6.67. The summed E-state index contributed by atoms with van der Waals surface area (Å²) in [5.74, 6) is -1.01. The quantitative estimate of drug-likeness (QED) is 0.421. The summed E-state index contributed by atoms with van der Waals surface area (Å²) in [6, 6.07) is -0.836. The Morgan fingerprint density at radius 1 is 1.82 bits per heavy atom. The van der Waals surface area contributed by atoms with E-state index in [0.29, 0.717) is 6.42 Å². The summed E-state index contributed by atoms with van der Waals surface area (Å²) in [5.41, 5.74) is 6.34. The fraction of sp³-hybridized carbons (Fsp3) is 0.333. The number of hydrogen-bond acceptors (Lipinski definition) is 4. The first-order chi connectivity index (χ1) is 5.18. The SMILES string of the molecule is N=CS/C=C/CC(N)C(=O)O. The van der Waals surface area contributed by atoms with Crippen molar-refractivity contribution in [3.63, 3.8) is 0 Å². The van der Waals surface area contributed by atoms with Crippen LogP contribution < -0.4 is 5.73 Å². The van der Waals surface area contributed by atoms with Crippen molar-refractivity contribution in [2.75, 3.05) is 0 Å². The standard InChI is InChI=1S/C6H10N2O2S/c7-4-11-3-1-2-5(8)6(9)10/h1,3-5,7H,2,8H2,(H,9,10)/b3-1+,7-4?. The van der Waals surface area contributed by atoms with Crippen LogP contribution in [-0.4, -0.2) is 22.7 Å². The van der Waals surface area contributed by atoms with Crippen molar-refractivity contribution in [2.45, 2.75) is 12.5 Å². The lowest BCUT2D eigenvalue weighted by Crippen LogP contribution is -2.29. The van der Waals surface area contributed by atoms with Crippen LogP contribution in [0.3, 0.4) is 0 Å². The van der Waals surface area contributed by atoms with Crippen molar-refractivity contribution in [1.29, 1.82) is 5.41 Å². The van der Waals surface area contributed by atoms with Crippen LogP contribution in [0.15, 0.2) is 11.5 Å². The summed E-state index contributed by atoms with van der Waals surface area (Å²) in [4.78, 5) is 10.2. The molecule has 0 rings (SSSR count). The van der Waals surface area contributed by atoms with Gasteiger partial charge in [-0.25, -0.2) is 0 Å². The Morgan fingerprint density at radius 3 is 2.91 bits per heavy atom. The molecule has 11 heavy (non-hydrogen) atoms. The van der Waals surface area contributed by atoms with Crippen LogP contribution in [0, 0.1) is 5.41 Å². The number of carboxylic acids is 1. The molecule has 0 bridgehead atoms. The van der Waals surface area contributed by atoms with Gasteiger partial charge in [0.1, 0.15) is 6.04 Å². The molecule has 0 saturated heterocycles. The third-order valence-corrected chi connectivity index (χ3v) is 1.44. The number of nitrogens with two attached hydrogens (primary N) is 1. The highest BCUT2D eigenvalue weighted by Crippen LogP contribution is 1.98. The molecule has 5 heteroatoms. The van der Waals surface area contributed by atoms with Crippen LogP contribution in [0.4, 0.5) is 0 Å². The van der Waals surface area contributed by atoms with Gasteiger partial charge >= 0.3 is 5.97 Å². The third kappa shape index (κ3) is 5.63. The number of thioether (sulfide) groups is 1. The average Bonchev–Trinajstić information content (AvgIpc) is 1.97. The minimum Gasteiger partial charge on any atom is -0.480 e. The fourth-order valence-corrected chi connectivity index (χ4v) is 0.699. The number of carbonyl (C=O) groups is 1. The first kappa shape index (κ1) is 10.2. The highest BCUT2D eigenvalue weighted by atomic mass is 32.2. The number of hydrogen-bond donors (Lipinski definition) is 3. The van der Waals surface area contributed by atoms with Gasteiger partial charge in [0.15, 0.2) is 0 Å². The Labute approximate surface area is 69.0 Å². The summed E-state index contributed by atoms with van der Waals surface area (Å²) in [6.45, 7) is 0. The second-order valence-electron chi connectivity index (χ2n) is 1.81. The van der Waals surface area contributed by atoms with E-state index in [1.54, 1.807) is 11.5 Å². The molecule has 0 fully saturated rings. The molecule has 4 nitrogen and oxygen atoms in total. The molecular weight excluding hydrogens is 164 g/mol. The van der Waals surface area contributed by atoms with E-state index < -0.39 is 12.0 Å². The molecule has 0 aliphatic rings. The van der Waals surface area contributed by atoms with Gasteiger partial charge in [0.2, 0.25) is 0 Å². The van der Waals surface area contributed by atoms with Crippen LogP contribution in [0.1, 0.15) is 6.42 Å². The van der Waals surface area contributed by atoms with E-state index in [4.69, 9.17) is 16.2 Å². The maximum atomic E-state index is 10.2. The Kier molecular flexibility index (Phi) is 5.50. The first-order valence-corrected chi connectivity index (χ1v) is 3.90. The zero-order valence-electron chi connectivity index (χ0n) is 5.86. The minimum absolute atomic E-state index is 0.302. The maximum Gasteiger partial charge on any atom is 0.320 e. The van der Waals surface area contributed by atoms with Crippen LogP contribution in [0.5, 0.6) is 0 Å². The molecule has 0 aromatic rings. The molecule has 0 radical (unpaired) electrons. The number of aliphatic carboxylic acids is 1. The molecule has 0 aromatic carbocycles. The van der Waals surface area contributed by atoms with Gasteiger partial charge in [0.05, 0.1) is 5.55 Å². The fourth-order valence-electron chi connectivity index (χ4n) is 0.398. The number of carboxylic acid groups (broad SMARTS) is 1. The molecule has 4 N–H and O–H groups in total. The van der Waals surface area contributed by atoms with Crippen LogP contribution >= 0.6 is 11.8 Å². The van der Waals surface area contributed by atoms with Crippen molar-refractivity contribution >= 4 is 23.3 Å². The lowest BCUT2D eigenvalue weighted by atomic mass is 10.2. The zero-order chi connectivity index (χ0) is 8.69. The van der Waals surface area contributed by atoms with Gasteiger partial charge in [0, 0.05) is 0 Å². The van der Waals surface area contributed by atoms with Gasteiger partial charge in [0.25, 0.3) is 0 Å². The monoisotopic (exact) mass is 174 g/mol. The van der Waals surface area contributed by atoms with Crippen molar-refractivity contribution < 1.29 is 9.90 Å². The predicted octanol–water partition coefficient (Wildman–Crippen LogP) is 0.642. The maximum absolute atomic E-state index is 10.2. The van der Waals surface area contributed by atoms with Crippen LogP contribution in [0.2, 0.25) is 0 Å². The van der Waals surface area contributed by atoms with Gasteiger partial charge in [-0.15, -0.1) is 0 Å². The normalized spacial score (nSPS) is 13.2. The van der Waals surface area contributed by atoms with E-state index in [1.807, 2.05) is 0 Å². The van der Waals surface area contributed by atoms with Gasteiger partial charge in [-0.2, -0.15) is 0 Å². The number of nitrogens with one attached hydrogen (secondary N) is 1. The van der Waals surface area contributed by atoms with Crippen LogP contribution in [0.25, 0.3) is 0 Å². The molecule has 0 aliphatic carbocycles. The highest BCUT2D eigenvalue weighted by Gasteiger charge is 2.07. The van der Waals surface area contributed by atoms with Crippen molar-refractivity contribution in [1.82, 2.24) is 0 Å². The van der Waals surface area contributed by atoms with Crippen molar-refractivity contribution in [3.05, 3.63) is 11.5 Å². The molecule has 0 saturated carbocycles. The predicted molar refractivity (Wildman–Crippen MR) is 45.7 cm³/mol. The van der Waals surface area contributed by atoms with Crippen LogP contribution in [-0.2, 0) is 4.79 Å². The topological polar surface area (TPSA) is 87.2 Å². The molecular formula is C6H10N2O2S. The van der Waals surface area contributed by atoms with Gasteiger partial charge in [-0.3, -0.25) is 4.79 Å². The minimum atomic E-state index is -1.01.